The predicted molar refractivity (Wildman–Crippen MR) is 111 cm³/mol. The van der Waals surface area contributed by atoms with Gasteiger partial charge in [0.1, 0.15) is 24.8 Å². The molecule has 0 saturated carbocycles. The molecule has 16 nitrogen and oxygen atoms in total. The largest absolute Gasteiger partial charge is 0.441 e. The summed E-state index contributed by atoms with van der Waals surface area (Å²) in [5.41, 5.74) is 10.3. The molecule has 2 fully saturated rings. The van der Waals surface area contributed by atoms with Crippen molar-refractivity contribution in [3.05, 3.63) is 0 Å². The van der Waals surface area contributed by atoms with Crippen LogP contribution in [0, 0.1) is 0 Å². The van der Waals surface area contributed by atoms with E-state index in [1.165, 1.54) is 7.05 Å². The third-order valence-corrected chi connectivity index (χ3v) is 5.65. The van der Waals surface area contributed by atoms with Crippen LogP contribution in [0.2, 0.25) is 0 Å². The summed E-state index contributed by atoms with van der Waals surface area (Å²) in [6.45, 7) is -0.931. The molecule has 3 rings (SSSR count). The van der Waals surface area contributed by atoms with Crippen molar-refractivity contribution >= 4 is 30.2 Å². The van der Waals surface area contributed by atoms with E-state index in [-0.39, 0.29) is 25.0 Å². The number of aliphatic hydroxyl groups is 3. The Morgan fingerprint density at radius 2 is 2.18 bits per heavy atom. The topological polar surface area (TPSA) is 246 Å². The Morgan fingerprint density at radius 3 is 2.79 bits per heavy atom. The molecular formula is C17H28N8O8. The van der Waals surface area contributed by atoms with Crippen molar-refractivity contribution in [3.8, 4) is 0 Å². The average molecular weight is 472 g/mol. The molecule has 33 heavy (non-hydrogen) atoms. The van der Waals surface area contributed by atoms with Gasteiger partial charge in [0.05, 0.1) is 25.1 Å². The summed E-state index contributed by atoms with van der Waals surface area (Å²) in [7, 11) is 1.36. The lowest BCUT2D eigenvalue weighted by Crippen LogP contribution is -2.70. The monoisotopic (exact) mass is 472 g/mol. The number of guanidine groups is 1. The molecule has 3 unspecified atom stereocenters. The van der Waals surface area contributed by atoms with Crippen LogP contribution in [0.25, 0.3) is 0 Å². The van der Waals surface area contributed by atoms with Crippen LogP contribution < -0.4 is 27.4 Å². The highest BCUT2D eigenvalue weighted by Crippen LogP contribution is 2.26. The number of rotatable bonds is 6. The van der Waals surface area contributed by atoms with E-state index in [2.05, 4.69) is 25.9 Å². The zero-order valence-electron chi connectivity index (χ0n) is 17.7. The number of nitrogens with two attached hydrogens (primary N) is 2. The van der Waals surface area contributed by atoms with Crippen molar-refractivity contribution in [3.63, 3.8) is 0 Å². The summed E-state index contributed by atoms with van der Waals surface area (Å²) in [5, 5.41) is 39.1. The van der Waals surface area contributed by atoms with Crippen LogP contribution in [0.4, 0.5) is 4.79 Å². The number of hydrogen-bond donors (Lipinski definition) is 8. The second kappa shape index (κ2) is 10.2. The highest BCUT2D eigenvalue weighted by atomic mass is 16.6. The lowest BCUT2D eigenvalue weighted by molar-refractivity contribution is -0.214. The fraction of sp³-hybridized carbons (Fsp3) is 0.706. The number of amides is 3. The fourth-order valence-corrected chi connectivity index (χ4v) is 4.00. The van der Waals surface area contributed by atoms with Gasteiger partial charge in [0, 0.05) is 13.6 Å². The van der Waals surface area contributed by atoms with Crippen molar-refractivity contribution in [2.45, 2.75) is 48.8 Å². The van der Waals surface area contributed by atoms with Crippen LogP contribution in [-0.2, 0) is 19.1 Å². The third kappa shape index (κ3) is 5.08. The molecule has 3 amide bonds. The maximum atomic E-state index is 12.5. The Bertz CT molecular complexity index is 825. The number of ether oxygens (including phenoxy) is 2. The Labute approximate surface area is 188 Å². The molecule has 3 heterocycles. The first kappa shape index (κ1) is 24.4. The zero-order chi connectivity index (χ0) is 24.3. The van der Waals surface area contributed by atoms with E-state index in [1.54, 1.807) is 0 Å². The maximum absolute atomic E-state index is 12.5. The molecule has 3 aliphatic heterocycles. The zero-order valence-corrected chi connectivity index (χ0v) is 17.7. The van der Waals surface area contributed by atoms with Crippen molar-refractivity contribution in [2.75, 3.05) is 26.7 Å². The van der Waals surface area contributed by atoms with E-state index < -0.39 is 67.4 Å². The van der Waals surface area contributed by atoms with Gasteiger partial charge in [-0.3, -0.25) is 14.6 Å². The first-order valence-corrected chi connectivity index (χ1v) is 10.1. The summed E-state index contributed by atoms with van der Waals surface area (Å²) in [6, 6.07) is -2.77. The minimum absolute atomic E-state index is 0.0503. The molecule has 0 aromatic rings. The molecule has 0 aromatic carbocycles. The number of likely N-dealkylation sites (N-methyl/N-ethyl adjacent to an activating group) is 1. The van der Waals surface area contributed by atoms with Gasteiger partial charge in [0.2, 0.25) is 11.8 Å². The van der Waals surface area contributed by atoms with E-state index in [0.29, 0.717) is 0 Å². The lowest BCUT2D eigenvalue weighted by Gasteiger charge is -2.46. The van der Waals surface area contributed by atoms with Crippen molar-refractivity contribution < 1.29 is 39.2 Å². The lowest BCUT2D eigenvalue weighted by atomic mass is 9.94. The molecule has 0 spiro atoms. The smallest absolute Gasteiger partial charge is 0.404 e. The summed E-state index contributed by atoms with van der Waals surface area (Å²) in [6.07, 6.45) is -6.49. The van der Waals surface area contributed by atoms with Crippen molar-refractivity contribution in [2.24, 2.45) is 21.5 Å². The number of primary amides is 1. The molecule has 0 aliphatic carbocycles. The molecule has 3 aliphatic rings. The molecule has 0 radical (unpaired) electrons. The van der Waals surface area contributed by atoms with Gasteiger partial charge in [-0.2, -0.15) is 0 Å². The van der Waals surface area contributed by atoms with Gasteiger partial charge >= 0.3 is 6.09 Å². The SMILES string of the molecule is CN(C(=O)CN=CN)[C@@H]1[C@H](O)[C@@H](OC(N)=O)[C@@H](CO)O[C@H]1NC1=NC2C(=O)NCC(O)C2N1. The Kier molecular flexibility index (Phi) is 7.52. The van der Waals surface area contributed by atoms with E-state index >= 15 is 0 Å². The van der Waals surface area contributed by atoms with Gasteiger partial charge in [-0.25, -0.2) is 9.79 Å². The van der Waals surface area contributed by atoms with Crippen LogP contribution in [0.5, 0.6) is 0 Å². The standard InChI is InChI=1S/C17H28N8O8/c1-25(8(28)3-20-5-18)11-12(29)13(33-16(19)31)7(4-26)32-15(11)24-17-22-9-6(27)2-21-14(30)10(9)23-17/h5-7,9-13,15,26-27,29H,2-4H2,1H3,(H2,18,20)(H2,19,31)(H,21,30)(H2,22,23,24)/t6?,7-,9?,10?,11-,12+,13+,15-/m1/s1. The Morgan fingerprint density at radius 1 is 1.45 bits per heavy atom. The second-order valence-corrected chi connectivity index (χ2v) is 7.70. The molecule has 10 N–H and O–H groups in total. The van der Waals surface area contributed by atoms with E-state index in [1.807, 2.05) is 0 Å². The summed E-state index contributed by atoms with van der Waals surface area (Å²) in [4.78, 5) is 45.0. The minimum atomic E-state index is -1.55. The van der Waals surface area contributed by atoms with Gasteiger partial charge < -0.3 is 57.1 Å². The summed E-state index contributed by atoms with van der Waals surface area (Å²) < 4.78 is 10.7. The number of piperidine rings is 1. The molecule has 8 atom stereocenters. The first-order chi connectivity index (χ1) is 15.7. The maximum Gasteiger partial charge on any atom is 0.404 e. The van der Waals surface area contributed by atoms with Crippen LogP contribution in [0.15, 0.2) is 9.98 Å². The summed E-state index contributed by atoms with van der Waals surface area (Å²) in [5.74, 6) is -0.873. The molecule has 2 saturated heterocycles. The molecule has 16 heteroatoms. The highest BCUT2D eigenvalue weighted by molar-refractivity contribution is 5.92. The molecule has 184 valence electrons. The van der Waals surface area contributed by atoms with Crippen LogP contribution in [0.3, 0.4) is 0 Å². The number of hydrogen-bond acceptors (Lipinski definition) is 12. The number of carbonyl (C=O) groups excluding carboxylic acids is 3. The first-order valence-electron chi connectivity index (χ1n) is 10.1. The molecular weight excluding hydrogens is 444 g/mol. The average Bonchev–Trinajstić information content (AvgIpc) is 3.21. The van der Waals surface area contributed by atoms with Crippen LogP contribution >= 0.6 is 0 Å². The van der Waals surface area contributed by atoms with Gasteiger partial charge in [-0.05, 0) is 0 Å². The highest BCUT2D eigenvalue weighted by Gasteiger charge is 2.51. The van der Waals surface area contributed by atoms with Gasteiger partial charge in [-0.15, -0.1) is 0 Å². The van der Waals surface area contributed by atoms with E-state index in [9.17, 15) is 29.7 Å². The molecule has 0 bridgehead atoms. The number of β-amino-alcohol motifs (C(OH)–C–C–N with tert-alkyl or cyclic N) is 1. The number of aliphatic hydroxyl groups excluding tert-OH is 3. The number of carbonyl (C=O) groups is 3. The van der Waals surface area contributed by atoms with E-state index in [0.717, 1.165) is 11.2 Å². The number of fused-ring (bicyclic) bond motifs is 1. The minimum Gasteiger partial charge on any atom is -0.441 e. The quantitative estimate of drug-likeness (QED) is 0.133. The van der Waals surface area contributed by atoms with Crippen LogP contribution in [-0.4, -0.2) is 126 Å². The van der Waals surface area contributed by atoms with Crippen molar-refractivity contribution in [1.29, 1.82) is 0 Å². The normalized spacial score (nSPS) is 35.8. The number of aliphatic imine (C=N–C) groups is 2. The van der Waals surface area contributed by atoms with Gasteiger partial charge in [-0.1, -0.05) is 0 Å². The molecule has 0 aromatic heterocycles. The Hall–Kier alpha value is -3.21. The van der Waals surface area contributed by atoms with Gasteiger partial charge in [0.25, 0.3) is 0 Å². The number of nitrogens with zero attached hydrogens (tertiary/aromatic N) is 3. The fourth-order valence-electron chi connectivity index (χ4n) is 4.00. The Balaban J connectivity index is 1.86. The van der Waals surface area contributed by atoms with E-state index in [4.69, 9.17) is 20.9 Å². The van der Waals surface area contributed by atoms with Gasteiger partial charge in [0.15, 0.2) is 24.3 Å². The van der Waals surface area contributed by atoms with Crippen LogP contribution in [0.1, 0.15) is 0 Å². The number of nitrogens with one attached hydrogen (secondary N) is 3. The summed E-state index contributed by atoms with van der Waals surface area (Å²) >= 11 is 0. The van der Waals surface area contributed by atoms with Crippen molar-refractivity contribution in [1.82, 2.24) is 20.9 Å². The third-order valence-electron chi connectivity index (χ3n) is 5.65. The second-order valence-electron chi connectivity index (χ2n) is 7.70. The predicted octanol–water partition coefficient (Wildman–Crippen LogP) is -5.88.